The molecule has 8 heteroatoms. The summed E-state index contributed by atoms with van der Waals surface area (Å²) in [6.45, 7) is 5.77. The Kier molecular flexibility index (Phi) is 4.48. The first-order chi connectivity index (χ1) is 10.3. The SMILES string of the molecule is CC(C)(C)OC(=O)N1CC[C@H]1C(=O)NNc1ccc(F)cn1.[HH].[HH]. The average Bonchev–Trinajstić information content (AvgIpc) is 2.34. The van der Waals surface area contributed by atoms with Crippen LogP contribution in [0.25, 0.3) is 0 Å². The number of hydrazine groups is 1. The third kappa shape index (κ3) is 4.06. The van der Waals surface area contributed by atoms with Gasteiger partial charge in [-0.25, -0.2) is 14.2 Å². The van der Waals surface area contributed by atoms with Gasteiger partial charge in [-0.1, -0.05) is 0 Å². The Labute approximate surface area is 130 Å². The molecule has 1 fully saturated rings. The van der Waals surface area contributed by atoms with Crippen molar-refractivity contribution in [2.45, 2.75) is 38.8 Å². The Balaban J connectivity index is 0.00000264. The minimum absolute atomic E-state index is 0. The van der Waals surface area contributed by atoms with Crippen molar-refractivity contribution in [3.63, 3.8) is 0 Å². The zero-order valence-electron chi connectivity index (χ0n) is 12.7. The zero-order valence-corrected chi connectivity index (χ0v) is 12.7. The number of pyridine rings is 1. The number of carbonyl (C=O) groups excluding carboxylic acids is 2. The Morgan fingerprint density at radius 2 is 2.18 bits per heavy atom. The number of rotatable bonds is 3. The molecular formula is C14H23FN4O3. The van der Waals surface area contributed by atoms with E-state index < -0.39 is 23.6 Å². The quantitative estimate of drug-likeness (QED) is 0.835. The maximum atomic E-state index is 12.7. The third-order valence-corrected chi connectivity index (χ3v) is 2.99. The van der Waals surface area contributed by atoms with Gasteiger partial charge in [0, 0.05) is 9.40 Å². The number of hydrogen-bond acceptors (Lipinski definition) is 5. The maximum absolute atomic E-state index is 12.7. The van der Waals surface area contributed by atoms with E-state index in [0.717, 1.165) is 6.20 Å². The molecule has 124 valence electrons. The lowest BCUT2D eigenvalue weighted by Crippen LogP contribution is -2.59. The molecule has 2 heterocycles. The number of nitrogens with zero attached hydrogens (tertiary/aromatic N) is 2. The van der Waals surface area contributed by atoms with Crippen LogP contribution in [0.1, 0.15) is 30.0 Å². The van der Waals surface area contributed by atoms with Gasteiger partial charge in [-0.2, -0.15) is 0 Å². The summed E-state index contributed by atoms with van der Waals surface area (Å²) in [5.74, 6) is -0.534. The van der Waals surface area contributed by atoms with Gasteiger partial charge in [0.25, 0.3) is 5.91 Å². The van der Waals surface area contributed by atoms with E-state index in [-0.39, 0.29) is 8.76 Å². The molecule has 1 atom stereocenters. The highest BCUT2D eigenvalue weighted by molar-refractivity contribution is 5.87. The van der Waals surface area contributed by atoms with Crippen molar-refractivity contribution >= 4 is 17.8 Å². The fourth-order valence-electron chi connectivity index (χ4n) is 1.86. The van der Waals surface area contributed by atoms with Crippen LogP contribution in [0.5, 0.6) is 0 Å². The van der Waals surface area contributed by atoms with E-state index in [4.69, 9.17) is 4.74 Å². The normalized spacial score (nSPS) is 17.5. The molecule has 22 heavy (non-hydrogen) atoms. The summed E-state index contributed by atoms with van der Waals surface area (Å²) >= 11 is 0. The van der Waals surface area contributed by atoms with Crippen molar-refractivity contribution < 1.29 is 21.6 Å². The average molecular weight is 314 g/mol. The van der Waals surface area contributed by atoms with Crippen molar-refractivity contribution in [1.82, 2.24) is 15.3 Å². The maximum Gasteiger partial charge on any atom is 0.410 e. The Bertz CT molecular complexity index is 566. The highest BCUT2D eigenvalue weighted by atomic mass is 19.1. The number of aromatic nitrogens is 1. The van der Waals surface area contributed by atoms with E-state index >= 15 is 0 Å². The summed E-state index contributed by atoms with van der Waals surface area (Å²) in [5.41, 5.74) is 4.41. The van der Waals surface area contributed by atoms with Crippen molar-refractivity contribution in [3.05, 3.63) is 24.1 Å². The minimum Gasteiger partial charge on any atom is -0.444 e. The van der Waals surface area contributed by atoms with Gasteiger partial charge in [0.15, 0.2) is 0 Å². The number of anilines is 1. The molecule has 2 N–H and O–H groups in total. The van der Waals surface area contributed by atoms with Crippen LogP contribution in [0.15, 0.2) is 18.3 Å². The van der Waals surface area contributed by atoms with Gasteiger partial charge in [-0.3, -0.25) is 20.5 Å². The molecular weight excluding hydrogens is 291 g/mol. The first-order valence-corrected chi connectivity index (χ1v) is 6.93. The molecule has 7 nitrogen and oxygen atoms in total. The van der Waals surface area contributed by atoms with E-state index in [9.17, 15) is 14.0 Å². The monoisotopic (exact) mass is 314 g/mol. The molecule has 0 unspecified atom stereocenters. The summed E-state index contributed by atoms with van der Waals surface area (Å²) in [4.78, 5) is 29.0. The molecule has 0 aliphatic carbocycles. The van der Waals surface area contributed by atoms with Crippen molar-refractivity contribution in [1.29, 1.82) is 0 Å². The fourth-order valence-corrected chi connectivity index (χ4v) is 1.86. The molecule has 1 saturated heterocycles. The highest BCUT2D eigenvalue weighted by Crippen LogP contribution is 2.21. The van der Waals surface area contributed by atoms with Crippen LogP contribution in [0.2, 0.25) is 0 Å². The van der Waals surface area contributed by atoms with Crippen molar-refractivity contribution in [3.8, 4) is 0 Å². The third-order valence-electron chi connectivity index (χ3n) is 2.99. The van der Waals surface area contributed by atoms with Gasteiger partial charge in [0.05, 0.1) is 6.20 Å². The van der Waals surface area contributed by atoms with Crippen LogP contribution in [0, 0.1) is 5.82 Å². The van der Waals surface area contributed by atoms with E-state index in [1.165, 1.54) is 17.0 Å². The fraction of sp³-hybridized carbons (Fsp3) is 0.500. The van der Waals surface area contributed by atoms with Gasteiger partial charge in [0.1, 0.15) is 23.3 Å². The van der Waals surface area contributed by atoms with Gasteiger partial charge >= 0.3 is 6.09 Å². The molecule has 0 saturated carbocycles. The first-order valence-electron chi connectivity index (χ1n) is 6.93. The standard InChI is InChI=1S/C14H19FN4O3.2H2/c1-14(2,3)22-13(21)19-7-6-10(19)12(20)18-17-11-5-4-9(15)8-16-11;;/h4-5,8,10H,6-7H2,1-3H3,(H,16,17)(H,18,20);2*1H/t10-;;/m0../s1. The largest absolute Gasteiger partial charge is 0.444 e. The summed E-state index contributed by atoms with van der Waals surface area (Å²) in [6.07, 6.45) is 1.08. The number of hydrogen-bond donors (Lipinski definition) is 2. The number of likely N-dealkylation sites (tertiary alicyclic amines) is 1. The second kappa shape index (κ2) is 6.17. The van der Waals surface area contributed by atoms with Gasteiger partial charge in [0.2, 0.25) is 0 Å². The summed E-state index contributed by atoms with van der Waals surface area (Å²) in [6, 6.07) is 2.03. The van der Waals surface area contributed by atoms with Crippen LogP contribution in [-0.4, -0.2) is 40.1 Å². The number of halogens is 1. The van der Waals surface area contributed by atoms with Gasteiger partial charge < -0.3 is 4.74 Å². The summed E-state index contributed by atoms with van der Waals surface area (Å²) in [5, 5.41) is 0. The summed E-state index contributed by atoms with van der Waals surface area (Å²) < 4.78 is 17.9. The van der Waals surface area contributed by atoms with Crippen LogP contribution in [0.4, 0.5) is 15.0 Å². The second-order valence-corrected chi connectivity index (χ2v) is 5.95. The lowest BCUT2D eigenvalue weighted by Gasteiger charge is -2.40. The molecule has 0 spiro atoms. The highest BCUT2D eigenvalue weighted by Gasteiger charge is 2.39. The van der Waals surface area contributed by atoms with Crippen LogP contribution in [-0.2, 0) is 9.53 Å². The first kappa shape index (κ1) is 16.0. The van der Waals surface area contributed by atoms with E-state index in [0.29, 0.717) is 18.8 Å². The van der Waals surface area contributed by atoms with E-state index in [2.05, 4.69) is 15.8 Å². The van der Waals surface area contributed by atoms with Crippen LogP contribution >= 0.6 is 0 Å². The van der Waals surface area contributed by atoms with Gasteiger partial charge in [-0.15, -0.1) is 0 Å². The number of amides is 2. The number of carbonyl (C=O) groups is 2. The molecule has 0 aromatic carbocycles. The molecule has 2 rings (SSSR count). The van der Waals surface area contributed by atoms with Crippen molar-refractivity contribution in [2.75, 3.05) is 12.0 Å². The molecule has 0 radical (unpaired) electrons. The second-order valence-electron chi connectivity index (χ2n) is 5.95. The van der Waals surface area contributed by atoms with E-state index in [1.807, 2.05) is 0 Å². The molecule has 0 bridgehead atoms. The number of nitrogens with one attached hydrogen (secondary N) is 2. The predicted molar refractivity (Wildman–Crippen MR) is 81.5 cm³/mol. The molecule has 1 aromatic rings. The van der Waals surface area contributed by atoms with Crippen molar-refractivity contribution in [2.24, 2.45) is 0 Å². The molecule has 1 aromatic heterocycles. The molecule has 1 aliphatic heterocycles. The lowest BCUT2D eigenvalue weighted by atomic mass is 10.0. The Morgan fingerprint density at radius 1 is 1.45 bits per heavy atom. The smallest absolute Gasteiger partial charge is 0.410 e. The Hall–Kier alpha value is -2.38. The topological polar surface area (TPSA) is 83.6 Å². The minimum atomic E-state index is -0.607. The predicted octanol–water partition coefficient (Wildman–Crippen LogP) is 2.17. The van der Waals surface area contributed by atoms with Crippen LogP contribution in [0.3, 0.4) is 0 Å². The zero-order chi connectivity index (χ0) is 16.3. The molecule has 1 aliphatic rings. The van der Waals surface area contributed by atoms with Gasteiger partial charge in [-0.05, 0) is 39.3 Å². The lowest BCUT2D eigenvalue weighted by molar-refractivity contribution is -0.130. The van der Waals surface area contributed by atoms with Crippen LogP contribution < -0.4 is 10.9 Å². The Morgan fingerprint density at radius 3 is 2.68 bits per heavy atom. The number of ether oxygens (including phenoxy) is 1. The summed E-state index contributed by atoms with van der Waals surface area (Å²) in [7, 11) is 0. The molecule has 2 amide bonds. The van der Waals surface area contributed by atoms with E-state index in [1.54, 1.807) is 20.8 Å².